The number of imidazole rings is 1. The van der Waals surface area contributed by atoms with Gasteiger partial charge in [0, 0.05) is 19.3 Å². The van der Waals surface area contributed by atoms with Crippen molar-refractivity contribution in [2.75, 3.05) is 13.1 Å². The molecule has 1 amide bonds. The Kier molecular flexibility index (Phi) is 5.50. The molecule has 0 radical (unpaired) electrons. The lowest BCUT2D eigenvalue weighted by atomic mass is 9.88. The van der Waals surface area contributed by atoms with Gasteiger partial charge >= 0.3 is 0 Å². The van der Waals surface area contributed by atoms with Gasteiger partial charge in [-0.2, -0.15) is 4.31 Å². The van der Waals surface area contributed by atoms with E-state index in [1.54, 1.807) is 4.57 Å². The predicted molar refractivity (Wildman–Crippen MR) is 105 cm³/mol. The van der Waals surface area contributed by atoms with E-state index in [0.29, 0.717) is 13.1 Å². The minimum atomic E-state index is -3.57. The average molecular weight is 403 g/mol. The van der Waals surface area contributed by atoms with Crippen LogP contribution < -0.4 is 5.32 Å². The van der Waals surface area contributed by atoms with Crippen LogP contribution in [-0.4, -0.2) is 41.3 Å². The van der Waals surface area contributed by atoms with Crippen molar-refractivity contribution >= 4 is 15.9 Å². The quantitative estimate of drug-likeness (QED) is 0.831. The number of carbonyl (C=O) groups is 1. The Morgan fingerprint density at radius 3 is 2.75 bits per heavy atom. The first-order chi connectivity index (χ1) is 13.5. The summed E-state index contributed by atoms with van der Waals surface area (Å²) in [5.74, 6) is -0.138. The molecule has 1 fully saturated rings. The first kappa shape index (κ1) is 19.1. The lowest BCUT2D eigenvalue weighted by molar-refractivity contribution is -0.122. The lowest BCUT2D eigenvalue weighted by Crippen LogP contribution is -2.35. The number of carbonyl (C=O) groups excluding carboxylic acids is 1. The number of aromatic nitrogens is 2. The van der Waals surface area contributed by atoms with Crippen LogP contribution in [0.3, 0.4) is 0 Å². The Hall–Kier alpha value is -2.19. The highest BCUT2D eigenvalue weighted by molar-refractivity contribution is 7.89. The summed E-state index contributed by atoms with van der Waals surface area (Å²) in [5.41, 5.74) is 2.47. The Balaban J connectivity index is 1.41. The molecule has 1 aliphatic carbocycles. The van der Waals surface area contributed by atoms with E-state index >= 15 is 0 Å². The van der Waals surface area contributed by atoms with Crippen LogP contribution in [0, 0.1) is 0 Å². The Morgan fingerprint density at radius 2 is 1.93 bits per heavy atom. The second-order valence-corrected chi connectivity index (χ2v) is 9.44. The predicted octanol–water partition coefficient (Wildman–Crippen LogP) is 2.25. The summed E-state index contributed by atoms with van der Waals surface area (Å²) in [4.78, 5) is 16.6. The van der Waals surface area contributed by atoms with Crippen LogP contribution in [-0.2, 0) is 27.8 Å². The minimum Gasteiger partial charge on any atom is -0.348 e. The number of nitrogens with one attached hydrogen (secondary N) is 1. The van der Waals surface area contributed by atoms with Crippen LogP contribution in [0.5, 0.6) is 0 Å². The maximum absolute atomic E-state index is 12.7. The van der Waals surface area contributed by atoms with Gasteiger partial charge in [0.05, 0.1) is 12.4 Å². The first-order valence-electron chi connectivity index (χ1n) is 9.93. The van der Waals surface area contributed by atoms with E-state index in [0.717, 1.165) is 38.5 Å². The third-order valence-electron chi connectivity index (χ3n) is 5.56. The van der Waals surface area contributed by atoms with Crippen molar-refractivity contribution in [1.82, 2.24) is 19.2 Å². The highest BCUT2D eigenvalue weighted by Crippen LogP contribution is 2.29. The number of benzene rings is 1. The molecule has 0 saturated carbocycles. The molecule has 0 spiro atoms. The van der Waals surface area contributed by atoms with Crippen LogP contribution in [0.4, 0.5) is 0 Å². The Bertz CT molecular complexity index is 948. The average Bonchev–Trinajstić information content (AvgIpc) is 3.18. The summed E-state index contributed by atoms with van der Waals surface area (Å²) < 4.78 is 28.4. The van der Waals surface area contributed by atoms with Gasteiger partial charge in [0.25, 0.3) is 10.0 Å². The number of amides is 1. The number of hydrogen-bond donors (Lipinski definition) is 1. The number of sulfonamides is 1. The zero-order valence-corrected chi connectivity index (χ0v) is 16.7. The molecule has 1 aromatic carbocycles. The van der Waals surface area contributed by atoms with Crippen LogP contribution in [0.15, 0.2) is 41.8 Å². The molecular weight excluding hydrogens is 376 g/mol. The first-order valence-corrected chi connectivity index (χ1v) is 11.4. The summed E-state index contributed by atoms with van der Waals surface area (Å²) in [5, 5.41) is 3.11. The fraction of sp³-hybridized carbons (Fsp3) is 0.500. The zero-order valence-electron chi connectivity index (χ0n) is 15.9. The van der Waals surface area contributed by atoms with Crippen molar-refractivity contribution in [2.24, 2.45) is 0 Å². The molecule has 4 rings (SSSR count). The fourth-order valence-corrected chi connectivity index (χ4v) is 5.56. The monoisotopic (exact) mass is 402 g/mol. The number of aryl methyl sites for hydroxylation is 1. The van der Waals surface area contributed by atoms with Crippen molar-refractivity contribution in [3.8, 4) is 0 Å². The van der Waals surface area contributed by atoms with E-state index in [4.69, 9.17) is 0 Å². The highest BCUT2D eigenvalue weighted by Gasteiger charge is 2.28. The third-order valence-corrected chi connectivity index (χ3v) is 7.34. The molecule has 1 atom stereocenters. The summed E-state index contributed by atoms with van der Waals surface area (Å²) in [7, 11) is -3.57. The maximum Gasteiger partial charge on any atom is 0.262 e. The van der Waals surface area contributed by atoms with Crippen LogP contribution in [0.25, 0.3) is 0 Å². The number of rotatable bonds is 5. The van der Waals surface area contributed by atoms with Crippen LogP contribution in [0.2, 0.25) is 0 Å². The van der Waals surface area contributed by atoms with Gasteiger partial charge in [-0.1, -0.05) is 30.7 Å². The number of piperidine rings is 1. The van der Waals surface area contributed by atoms with Gasteiger partial charge in [-0.3, -0.25) is 4.79 Å². The van der Waals surface area contributed by atoms with Crippen molar-refractivity contribution in [3.63, 3.8) is 0 Å². The van der Waals surface area contributed by atoms with E-state index < -0.39 is 10.0 Å². The number of fused-ring (bicyclic) bond motifs is 1. The van der Waals surface area contributed by atoms with E-state index in [1.807, 2.05) is 12.1 Å². The zero-order chi connectivity index (χ0) is 19.6. The molecule has 0 bridgehead atoms. The van der Waals surface area contributed by atoms with Crippen molar-refractivity contribution in [1.29, 1.82) is 0 Å². The molecule has 2 heterocycles. The fourth-order valence-electron chi connectivity index (χ4n) is 4.11. The van der Waals surface area contributed by atoms with Gasteiger partial charge in [0.1, 0.15) is 6.54 Å². The molecule has 2 aromatic rings. The molecule has 2 aliphatic rings. The topological polar surface area (TPSA) is 84.3 Å². The van der Waals surface area contributed by atoms with Crippen molar-refractivity contribution < 1.29 is 13.2 Å². The highest BCUT2D eigenvalue weighted by atomic mass is 32.2. The second kappa shape index (κ2) is 8.05. The van der Waals surface area contributed by atoms with Crippen LogP contribution in [0.1, 0.15) is 49.3 Å². The van der Waals surface area contributed by atoms with Crippen molar-refractivity contribution in [2.45, 2.75) is 56.1 Å². The molecule has 1 unspecified atom stereocenters. The minimum absolute atomic E-state index is 0.0116. The normalized spacial score (nSPS) is 20.5. The van der Waals surface area contributed by atoms with Crippen molar-refractivity contribution in [3.05, 3.63) is 47.9 Å². The lowest BCUT2D eigenvalue weighted by Gasteiger charge is -2.26. The molecule has 1 saturated heterocycles. The number of hydrogen-bond acceptors (Lipinski definition) is 4. The Labute approximate surface area is 165 Å². The summed E-state index contributed by atoms with van der Waals surface area (Å²) in [6, 6.07) is 8.22. The largest absolute Gasteiger partial charge is 0.348 e. The third kappa shape index (κ3) is 3.98. The van der Waals surface area contributed by atoms with E-state index in [1.165, 1.54) is 28.0 Å². The van der Waals surface area contributed by atoms with Gasteiger partial charge in [-0.05, 0) is 43.2 Å². The Morgan fingerprint density at radius 1 is 1.14 bits per heavy atom. The molecule has 1 N–H and O–H groups in total. The molecule has 1 aromatic heterocycles. The molecular formula is C20H26N4O3S. The van der Waals surface area contributed by atoms with E-state index in [9.17, 15) is 13.2 Å². The summed E-state index contributed by atoms with van der Waals surface area (Å²) in [6.07, 6.45) is 8.71. The molecule has 150 valence electrons. The molecule has 8 heteroatoms. The van der Waals surface area contributed by atoms with Crippen LogP contribution >= 0.6 is 0 Å². The molecule has 28 heavy (non-hydrogen) atoms. The molecule has 1 aliphatic heterocycles. The van der Waals surface area contributed by atoms with Gasteiger partial charge in [0.15, 0.2) is 5.03 Å². The summed E-state index contributed by atoms with van der Waals surface area (Å²) in [6.45, 7) is 1.13. The standard InChI is InChI=1S/C20H26N4O3S/c25-19(22-18-10-6-8-16-7-2-3-9-17(16)18)13-23-14-20(21-15-23)28(26,27)24-11-4-1-5-12-24/h2-3,7,9,14-15,18H,1,4-6,8,10-13H2,(H,22,25). The van der Waals surface area contributed by atoms with Gasteiger partial charge in [-0.15, -0.1) is 0 Å². The second-order valence-electron chi connectivity index (χ2n) is 7.56. The van der Waals surface area contributed by atoms with Gasteiger partial charge in [0.2, 0.25) is 5.91 Å². The van der Waals surface area contributed by atoms with Gasteiger partial charge < -0.3 is 9.88 Å². The van der Waals surface area contributed by atoms with Gasteiger partial charge in [-0.25, -0.2) is 13.4 Å². The molecule has 7 nitrogen and oxygen atoms in total. The summed E-state index contributed by atoms with van der Waals surface area (Å²) >= 11 is 0. The SMILES string of the molecule is O=C(Cn1cnc(S(=O)(=O)N2CCCCC2)c1)NC1CCCc2ccccc21. The smallest absolute Gasteiger partial charge is 0.262 e. The maximum atomic E-state index is 12.7. The van der Waals surface area contributed by atoms with E-state index in [2.05, 4.69) is 22.4 Å². The van der Waals surface area contributed by atoms with E-state index in [-0.39, 0.29) is 23.5 Å². The number of nitrogens with zero attached hydrogens (tertiary/aromatic N) is 3.